The first-order chi connectivity index (χ1) is 9.22. The molecule has 0 saturated carbocycles. The number of rotatable bonds is 1. The van der Waals surface area contributed by atoms with Crippen molar-refractivity contribution in [1.82, 2.24) is 9.97 Å². The second-order valence-electron chi connectivity index (χ2n) is 3.79. The van der Waals surface area contributed by atoms with Gasteiger partial charge in [-0.3, -0.25) is 9.97 Å². The zero-order chi connectivity index (χ0) is 13.7. The zero-order valence-corrected chi connectivity index (χ0v) is 14.5. The van der Waals surface area contributed by atoms with Crippen LogP contribution in [0, 0.1) is 0 Å². The van der Waals surface area contributed by atoms with Crippen LogP contribution in [0.5, 0.6) is 0 Å². The summed E-state index contributed by atoms with van der Waals surface area (Å²) in [5, 5.41) is 11.4. The van der Waals surface area contributed by atoms with Crippen LogP contribution in [-0.2, 0) is 21.9 Å². The molecule has 1 aromatic carbocycles. The van der Waals surface area contributed by atoms with E-state index in [9.17, 15) is 0 Å². The maximum absolute atomic E-state index is 9.13. The third kappa shape index (κ3) is 9.25. The summed E-state index contributed by atoms with van der Waals surface area (Å²) in [6.45, 7) is -0.389. The number of pyridine rings is 2. The number of hydrogen-bond donors (Lipinski definition) is 1. The predicted molar refractivity (Wildman–Crippen MR) is 85.6 cm³/mol. The van der Waals surface area contributed by atoms with E-state index >= 15 is 0 Å². The van der Waals surface area contributed by atoms with Gasteiger partial charge < -0.3 is 49.9 Å². The number of aromatic nitrogens is 2. The van der Waals surface area contributed by atoms with Crippen molar-refractivity contribution in [3.05, 3.63) is 48.8 Å². The Kier molecular flexibility index (Phi) is 23.4. The van der Waals surface area contributed by atoms with Crippen molar-refractivity contribution in [3.8, 4) is 0 Å². The molecule has 2 heterocycles. The number of carbonyl (C=O) groups excluding carboxylic acids is 1. The van der Waals surface area contributed by atoms with Gasteiger partial charge in [0.25, 0.3) is 0 Å². The normalized spacial score (nSPS) is 7.56. The zero-order valence-electron chi connectivity index (χ0n) is 12.8. The molecule has 0 fully saturated rings. The summed E-state index contributed by atoms with van der Waals surface area (Å²) in [6.07, 6.45) is 3.60. The molecule has 9 nitrogen and oxygen atoms in total. The van der Waals surface area contributed by atoms with Crippen molar-refractivity contribution in [2.45, 2.75) is 0 Å². The standard InChI is InChI=1S/C12H8N2.C2H5NO2.ClH.Cu.4H2O/c1-3-9-5-6-10-4-2-8-14-12(10)11(9)13-7-1;3-1-2(4)5;;;;;;/h1-8H;1,3H2,(H,4,5);1H;;4*1H2/q;;;+2;;;;/p-2. The van der Waals surface area contributed by atoms with E-state index in [2.05, 4.69) is 40.0 Å². The van der Waals surface area contributed by atoms with E-state index in [1.807, 2.05) is 12.1 Å². The third-order valence-electron chi connectivity index (χ3n) is 2.51. The summed E-state index contributed by atoms with van der Waals surface area (Å²) in [5.74, 6) is -1.22. The van der Waals surface area contributed by atoms with Crippen LogP contribution in [-0.4, -0.2) is 44.4 Å². The molecule has 0 aliphatic rings. The number of carbonyl (C=O) groups is 1. The molecule has 0 aliphatic carbocycles. The van der Waals surface area contributed by atoms with Gasteiger partial charge in [0.2, 0.25) is 0 Å². The van der Waals surface area contributed by atoms with Crippen LogP contribution in [0.4, 0.5) is 0 Å². The number of carboxylic acids is 1. The summed E-state index contributed by atoms with van der Waals surface area (Å²) in [6, 6.07) is 12.1. The Labute approximate surface area is 160 Å². The largest absolute Gasteiger partial charge is 2.00 e. The number of halogens is 1. The van der Waals surface area contributed by atoms with Gasteiger partial charge >= 0.3 is 17.1 Å². The van der Waals surface area contributed by atoms with Gasteiger partial charge in [-0.05, 0) is 12.1 Å². The second-order valence-corrected chi connectivity index (χ2v) is 3.79. The second kappa shape index (κ2) is 17.0. The van der Waals surface area contributed by atoms with Crippen molar-refractivity contribution in [1.29, 1.82) is 0 Å². The summed E-state index contributed by atoms with van der Waals surface area (Å²) in [4.78, 5) is 17.8. The van der Waals surface area contributed by atoms with Crippen LogP contribution < -0.4 is 23.2 Å². The first-order valence-corrected chi connectivity index (χ1v) is 5.71. The van der Waals surface area contributed by atoms with Crippen molar-refractivity contribution < 1.29 is 61.3 Å². The number of carboxylic acid groups (broad SMARTS) is 1. The quantitative estimate of drug-likeness (QED) is 0.296. The average molecular weight is 425 g/mol. The van der Waals surface area contributed by atoms with Gasteiger partial charge in [0.1, 0.15) is 0 Å². The van der Waals surface area contributed by atoms with Crippen LogP contribution in [0.3, 0.4) is 0 Å². The fraction of sp³-hybridized carbons (Fsp3) is 0.0714. The smallest absolute Gasteiger partial charge is 1.00 e. The Morgan fingerprint density at radius 3 is 1.48 bits per heavy atom. The first kappa shape index (κ1) is 34.5. The average Bonchev–Trinajstić information content (AvgIpc) is 2.48. The van der Waals surface area contributed by atoms with Crippen molar-refractivity contribution in [2.75, 3.05) is 6.54 Å². The summed E-state index contributed by atoms with van der Waals surface area (Å²) in [5.41, 5.74) is 6.46. The Bertz CT molecular complexity index is 680. The van der Waals surface area contributed by atoms with E-state index in [0.29, 0.717) is 0 Å². The minimum absolute atomic E-state index is 0. The molecule has 3 aromatic rings. The van der Waals surface area contributed by atoms with Gasteiger partial charge in [-0.25, -0.2) is 0 Å². The molecule has 25 heavy (non-hydrogen) atoms. The van der Waals surface area contributed by atoms with Gasteiger partial charge in [-0.2, -0.15) is 0 Å². The fourth-order valence-corrected chi connectivity index (χ4v) is 1.68. The van der Waals surface area contributed by atoms with Crippen molar-refractivity contribution in [2.24, 2.45) is 5.73 Å². The molecule has 2 aromatic heterocycles. The summed E-state index contributed by atoms with van der Waals surface area (Å²) < 4.78 is 0. The third-order valence-corrected chi connectivity index (χ3v) is 2.51. The first-order valence-electron chi connectivity index (χ1n) is 5.71. The predicted octanol–water partition coefficient (Wildman–Crippen LogP) is -5.82. The van der Waals surface area contributed by atoms with E-state index in [0.717, 1.165) is 21.8 Å². The maximum atomic E-state index is 9.13. The molecule has 0 amide bonds. The Morgan fingerprint density at radius 2 is 1.20 bits per heavy atom. The molecule has 1 radical (unpaired) electrons. The SMILES string of the molecule is NCC(=O)[O-].O.O.O.O.[Cl-].[Cu+2].c1cnc2c(c1)ccc1cccnc12. The van der Waals surface area contributed by atoms with Crippen LogP contribution in [0.15, 0.2) is 48.8 Å². The Balaban J connectivity index is -0.000000110. The molecule has 0 unspecified atom stereocenters. The van der Waals surface area contributed by atoms with E-state index in [4.69, 9.17) is 9.90 Å². The summed E-state index contributed by atoms with van der Waals surface area (Å²) >= 11 is 0. The molecular weight excluding hydrogens is 405 g/mol. The number of benzene rings is 1. The number of nitrogens with two attached hydrogens (primary N) is 1. The van der Waals surface area contributed by atoms with E-state index in [1.54, 1.807) is 12.4 Å². The van der Waals surface area contributed by atoms with E-state index in [-0.39, 0.29) is 57.9 Å². The van der Waals surface area contributed by atoms with Gasteiger partial charge in [-0.15, -0.1) is 0 Å². The summed E-state index contributed by atoms with van der Waals surface area (Å²) in [7, 11) is 0. The number of fused-ring (bicyclic) bond motifs is 3. The number of aliphatic carboxylic acids is 1. The molecule has 3 rings (SSSR count). The number of nitrogens with zero attached hydrogens (tertiary/aromatic N) is 2. The van der Waals surface area contributed by atoms with E-state index < -0.39 is 5.97 Å². The molecule has 145 valence electrons. The fourth-order valence-electron chi connectivity index (χ4n) is 1.68. The Morgan fingerprint density at radius 1 is 0.880 bits per heavy atom. The van der Waals surface area contributed by atoms with Gasteiger partial charge in [-0.1, -0.05) is 24.3 Å². The minimum atomic E-state index is -1.22. The van der Waals surface area contributed by atoms with Crippen LogP contribution in [0.25, 0.3) is 21.8 Å². The number of hydrogen-bond acceptors (Lipinski definition) is 5. The molecule has 0 aliphatic heterocycles. The molecule has 10 N–H and O–H groups in total. The molecule has 0 atom stereocenters. The molecule has 0 bridgehead atoms. The van der Waals surface area contributed by atoms with Gasteiger partial charge in [0, 0.05) is 29.7 Å². The molecule has 0 spiro atoms. The molecular formula is C14H20ClCuN3O6. The monoisotopic (exact) mass is 424 g/mol. The maximum Gasteiger partial charge on any atom is 2.00 e. The topological polar surface area (TPSA) is 218 Å². The van der Waals surface area contributed by atoms with Crippen LogP contribution in [0.2, 0.25) is 0 Å². The van der Waals surface area contributed by atoms with Gasteiger partial charge in [0.15, 0.2) is 0 Å². The van der Waals surface area contributed by atoms with Crippen molar-refractivity contribution in [3.63, 3.8) is 0 Å². The van der Waals surface area contributed by atoms with Gasteiger partial charge in [0.05, 0.1) is 17.0 Å². The minimum Gasteiger partial charge on any atom is -1.00 e. The molecule has 11 heteroatoms. The van der Waals surface area contributed by atoms with E-state index in [1.165, 1.54) is 0 Å². The van der Waals surface area contributed by atoms with Crippen LogP contribution >= 0.6 is 0 Å². The Hall–Kier alpha value is -1.88. The van der Waals surface area contributed by atoms with Crippen molar-refractivity contribution >= 4 is 27.8 Å². The molecule has 0 saturated heterocycles. The van der Waals surface area contributed by atoms with Crippen LogP contribution in [0.1, 0.15) is 0 Å².